The first-order chi connectivity index (χ1) is 14.7. The van der Waals surface area contributed by atoms with E-state index in [0.717, 1.165) is 24.3 Å². The Labute approximate surface area is 182 Å². The van der Waals surface area contributed by atoms with Crippen LogP contribution in [0, 0.1) is 0 Å². The quantitative estimate of drug-likeness (QED) is 0.144. The zero-order chi connectivity index (χ0) is 21.4. The second-order valence-electron chi connectivity index (χ2n) is 7.52. The average molecular weight is 409 g/mol. The number of benzene rings is 2. The Morgan fingerprint density at radius 3 is 2.13 bits per heavy atom. The van der Waals surface area contributed by atoms with E-state index in [4.69, 9.17) is 4.74 Å². The molecule has 0 atom stereocenters. The van der Waals surface area contributed by atoms with Crippen molar-refractivity contribution in [2.24, 2.45) is 4.99 Å². The van der Waals surface area contributed by atoms with Gasteiger partial charge < -0.3 is 9.64 Å². The molecule has 0 bridgehead atoms. The van der Waals surface area contributed by atoms with Crippen LogP contribution in [0.3, 0.4) is 0 Å². The maximum absolute atomic E-state index is 11.8. The number of nitrogens with zero attached hydrogens (tertiary/aromatic N) is 2. The molecule has 162 valence electrons. The fourth-order valence-electron chi connectivity index (χ4n) is 3.32. The van der Waals surface area contributed by atoms with Gasteiger partial charge in [-0.1, -0.05) is 70.1 Å². The van der Waals surface area contributed by atoms with Crippen LogP contribution >= 0.6 is 0 Å². The lowest BCUT2D eigenvalue weighted by atomic mass is 10.1. The molecule has 0 fully saturated rings. The fraction of sp³-hybridized carbons (Fsp3) is 0.462. The largest absolute Gasteiger partial charge is 0.462 e. The van der Waals surface area contributed by atoms with Gasteiger partial charge in [-0.3, -0.25) is 0 Å². The molecule has 0 saturated heterocycles. The summed E-state index contributed by atoms with van der Waals surface area (Å²) in [6.07, 6.45) is 12.3. The molecular weight excluding hydrogens is 372 g/mol. The summed E-state index contributed by atoms with van der Waals surface area (Å²) in [5, 5.41) is 0. The standard InChI is InChI=1S/C26H36N2O2/c1-3-5-6-7-8-9-10-14-21-28(25-15-12-11-13-16-25)22-27-24-19-17-23(18-20-24)26(29)30-4-2/h11-13,15-20,22H,3-10,14,21H2,1-2H3. The summed E-state index contributed by atoms with van der Waals surface area (Å²) < 4.78 is 5.03. The third-order valence-electron chi connectivity index (χ3n) is 5.07. The normalized spacial score (nSPS) is 11.0. The molecule has 2 aromatic carbocycles. The summed E-state index contributed by atoms with van der Waals surface area (Å²) in [7, 11) is 0. The van der Waals surface area contributed by atoms with Gasteiger partial charge in [0.25, 0.3) is 0 Å². The Bertz CT molecular complexity index is 741. The van der Waals surface area contributed by atoms with E-state index in [1.807, 2.05) is 24.5 Å². The van der Waals surface area contributed by atoms with E-state index in [1.54, 1.807) is 19.1 Å². The van der Waals surface area contributed by atoms with Gasteiger partial charge in [0.15, 0.2) is 0 Å². The molecule has 0 aliphatic rings. The van der Waals surface area contributed by atoms with Gasteiger partial charge in [0.05, 0.1) is 24.2 Å². The summed E-state index contributed by atoms with van der Waals surface area (Å²) in [5.74, 6) is -0.298. The summed E-state index contributed by atoms with van der Waals surface area (Å²) in [6.45, 7) is 5.39. The monoisotopic (exact) mass is 408 g/mol. The minimum atomic E-state index is -0.298. The maximum Gasteiger partial charge on any atom is 0.338 e. The summed E-state index contributed by atoms with van der Waals surface area (Å²) in [4.78, 5) is 18.6. The molecule has 2 aromatic rings. The molecule has 0 spiro atoms. The number of carbonyl (C=O) groups excluding carboxylic acids is 1. The lowest BCUT2D eigenvalue weighted by Gasteiger charge is -2.19. The van der Waals surface area contributed by atoms with Crippen LogP contribution in [0.5, 0.6) is 0 Å². The van der Waals surface area contributed by atoms with Crippen LogP contribution < -0.4 is 4.90 Å². The van der Waals surface area contributed by atoms with Crippen LogP contribution in [0.1, 0.15) is 75.6 Å². The number of anilines is 1. The van der Waals surface area contributed by atoms with Gasteiger partial charge in [-0.05, 0) is 49.7 Å². The molecule has 0 radical (unpaired) electrons. The SMILES string of the molecule is CCCCCCCCCCN(C=Nc1ccc(C(=O)OCC)cc1)c1ccccc1. The van der Waals surface area contributed by atoms with Crippen molar-refractivity contribution in [1.29, 1.82) is 0 Å². The zero-order valence-electron chi connectivity index (χ0n) is 18.6. The highest BCUT2D eigenvalue weighted by Gasteiger charge is 2.06. The predicted octanol–water partition coefficient (Wildman–Crippen LogP) is 7.17. The van der Waals surface area contributed by atoms with E-state index in [-0.39, 0.29) is 5.97 Å². The van der Waals surface area contributed by atoms with Crippen LogP contribution in [0.15, 0.2) is 59.6 Å². The third kappa shape index (κ3) is 8.81. The summed E-state index contributed by atoms with van der Waals surface area (Å²) in [6, 6.07) is 17.6. The van der Waals surface area contributed by atoms with E-state index in [1.165, 1.54) is 44.9 Å². The van der Waals surface area contributed by atoms with Crippen molar-refractivity contribution in [2.75, 3.05) is 18.1 Å². The average Bonchev–Trinajstić information content (AvgIpc) is 2.78. The number of hydrogen-bond acceptors (Lipinski definition) is 3. The Morgan fingerprint density at radius 1 is 0.867 bits per heavy atom. The molecule has 0 unspecified atom stereocenters. The molecule has 0 aliphatic heterocycles. The number of esters is 1. The lowest BCUT2D eigenvalue weighted by Crippen LogP contribution is -2.22. The molecular formula is C26H36N2O2. The molecule has 2 rings (SSSR count). The molecule has 0 amide bonds. The first-order valence-corrected chi connectivity index (χ1v) is 11.4. The summed E-state index contributed by atoms with van der Waals surface area (Å²) in [5.41, 5.74) is 2.52. The smallest absolute Gasteiger partial charge is 0.338 e. The molecule has 0 heterocycles. The van der Waals surface area contributed by atoms with Crippen LogP contribution in [-0.4, -0.2) is 25.5 Å². The molecule has 0 aliphatic carbocycles. The van der Waals surface area contributed by atoms with Gasteiger partial charge in [-0.25, -0.2) is 9.79 Å². The van der Waals surface area contributed by atoms with Crippen LogP contribution in [0.4, 0.5) is 11.4 Å². The van der Waals surface area contributed by atoms with Crippen LogP contribution in [0.2, 0.25) is 0 Å². The molecule has 30 heavy (non-hydrogen) atoms. The Hall–Kier alpha value is -2.62. The van der Waals surface area contributed by atoms with E-state index in [2.05, 4.69) is 41.1 Å². The molecule has 4 nitrogen and oxygen atoms in total. The van der Waals surface area contributed by atoms with Crippen molar-refractivity contribution in [1.82, 2.24) is 0 Å². The van der Waals surface area contributed by atoms with E-state index >= 15 is 0 Å². The van der Waals surface area contributed by atoms with Crippen molar-refractivity contribution in [2.45, 2.75) is 65.2 Å². The number of para-hydroxylation sites is 1. The van der Waals surface area contributed by atoms with Crippen LogP contribution in [0.25, 0.3) is 0 Å². The lowest BCUT2D eigenvalue weighted by molar-refractivity contribution is 0.0526. The highest BCUT2D eigenvalue weighted by molar-refractivity contribution is 5.90. The number of ether oxygens (including phenoxy) is 1. The van der Waals surface area contributed by atoms with Gasteiger partial charge in [-0.15, -0.1) is 0 Å². The second-order valence-corrected chi connectivity index (χ2v) is 7.52. The van der Waals surface area contributed by atoms with Gasteiger partial charge in [0, 0.05) is 12.2 Å². The summed E-state index contributed by atoms with van der Waals surface area (Å²) >= 11 is 0. The zero-order valence-corrected chi connectivity index (χ0v) is 18.6. The predicted molar refractivity (Wildman–Crippen MR) is 127 cm³/mol. The highest BCUT2D eigenvalue weighted by atomic mass is 16.5. The number of rotatable bonds is 14. The topological polar surface area (TPSA) is 41.9 Å². The van der Waals surface area contributed by atoms with E-state index in [0.29, 0.717) is 12.2 Å². The van der Waals surface area contributed by atoms with Gasteiger partial charge in [0.1, 0.15) is 0 Å². The number of unbranched alkanes of at least 4 members (excludes halogenated alkanes) is 7. The molecule has 0 aromatic heterocycles. The highest BCUT2D eigenvalue weighted by Crippen LogP contribution is 2.17. The van der Waals surface area contributed by atoms with Crippen molar-refractivity contribution < 1.29 is 9.53 Å². The van der Waals surface area contributed by atoms with E-state index < -0.39 is 0 Å². The van der Waals surface area contributed by atoms with Crippen molar-refractivity contribution >= 4 is 23.7 Å². The van der Waals surface area contributed by atoms with Crippen molar-refractivity contribution in [3.05, 3.63) is 60.2 Å². The van der Waals surface area contributed by atoms with Crippen molar-refractivity contribution in [3.8, 4) is 0 Å². The number of aliphatic imine (C=N–C) groups is 1. The van der Waals surface area contributed by atoms with Gasteiger partial charge in [-0.2, -0.15) is 0 Å². The molecule has 0 N–H and O–H groups in total. The van der Waals surface area contributed by atoms with Gasteiger partial charge in [0.2, 0.25) is 0 Å². The Kier molecular flexibility index (Phi) is 11.3. The van der Waals surface area contributed by atoms with E-state index in [9.17, 15) is 4.79 Å². The number of hydrogen-bond donors (Lipinski definition) is 0. The Morgan fingerprint density at radius 2 is 1.50 bits per heavy atom. The Balaban J connectivity index is 1.89. The fourth-order valence-corrected chi connectivity index (χ4v) is 3.32. The second kappa shape index (κ2) is 14.4. The molecule has 0 saturated carbocycles. The first-order valence-electron chi connectivity index (χ1n) is 11.4. The maximum atomic E-state index is 11.8. The third-order valence-corrected chi connectivity index (χ3v) is 5.07. The van der Waals surface area contributed by atoms with Crippen LogP contribution in [-0.2, 0) is 4.74 Å². The minimum Gasteiger partial charge on any atom is -0.462 e. The van der Waals surface area contributed by atoms with Gasteiger partial charge >= 0.3 is 5.97 Å². The number of carbonyl (C=O) groups is 1. The first kappa shape index (κ1) is 23.7. The van der Waals surface area contributed by atoms with Crippen molar-refractivity contribution in [3.63, 3.8) is 0 Å². The minimum absolute atomic E-state index is 0.298. The molecule has 4 heteroatoms.